The first kappa shape index (κ1) is 17.0. The maximum atomic E-state index is 13.6. The average Bonchev–Trinajstić information content (AvgIpc) is 2.66. The number of carbonyl (C=O) groups is 1. The first-order valence-electron chi connectivity index (χ1n) is 7.55. The molecule has 5 nitrogen and oxygen atoms in total. The van der Waals surface area contributed by atoms with Gasteiger partial charge in [-0.2, -0.15) is 5.26 Å². The molecular formula is C19H12F2N4O. The molecule has 0 atom stereocenters. The molecule has 0 spiro atoms. The fourth-order valence-corrected chi connectivity index (χ4v) is 2.18. The number of hydrogen-bond donors (Lipinski definition) is 2. The van der Waals surface area contributed by atoms with Gasteiger partial charge < -0.3 is 10.6 Å². The predicted molar refractivity (Wildman–Crippen MR) is 93.0 cm³/mol. The highest BCUT2D eigenvalue weighted by Crippen LogP contribution is 2.22. The van der Waals surface area contributed by atoms with Crippen LogP contribution in [-0.4, -0.2) is 10.9 Å². The van der Waals surface area contributed by atoms with Gasteiger partial charge in [-0.15, -0.1) is 0 Å². The second-order valence-electron chi connectivity index (χ2n) is 5.30. The largest absolute Gasteiger partial charge is 0.335 e. The number of benzene rings is 2. The van der Waals surface area contributed by atoms with Crippen molar-refractivity contribution >= 4 is 23.1 Å². The third-order valence-corrected chi connectivity index (χ3v) is 3.51. The number of para-hydroxylation sites is 1. The summed E-state index contributed by atoms with van der Waals surface area (Å²) in [5.41, 5.74) is 0.980. The Morgan fingerprint density at radius 1 is 1.00 bits per heavy atom. The average molecular weight is 350 g/mol. The van der Waals surface area contributed by atoms with Crippen LogP contribution in [-0.2, 0) is 0 Å². The Kier molecular flexibility index (Phi) is 4.85. The van der Waals surface area contributed by atoms with Gasteiger partial charge in [-0.3, -0.25) is 4.79 Å². The summed E-state index contributed by atoms with van der Waals surface area (Å²) < 4.78 is 27.3. The van der Waals surface area contributed by atoms with Gasteiger partial charge in [0, 0.05) is 11.9 Å². The number of anilines is 3. The molecule has 1 amide bonds. The molecule has 0 aliphatic rings. The molecule has 2 aromatic carbocycles. The number of aromatic nitrogens is 1. The van der Waals surface area contributed by atoms with Crippen molar-refractivity contribution in [3.8, 4) is 6.07 Å². The first-order chi connectivity index (χ1) is 12.6. The van der Waals surface area contributed by atoms with Crippen molar-refractivity contribution in [3.05, 3.63) is 83.6 Å². The van der Waals surface area contributed by atoms with E-state index in [0.29, 0.717) is 11.3 Å². The Bertz CT molecular complexity index is 960. The van der Waals surface area contributed by atoms with Crippen molar-refractivity contribution in [2.45, 2.75) is 0 Å². The van der Waals surface area contributed by atoms with Crippen LogP contribution in [0.3, 0.4) is 0 Å². The predicted octanol–water partition coefficient (Wildman–Crippen LogP) is 4.23. The second kappa shape index (κ2) is 7.40. The SMILES string of the molecule is N#Cc1ccc(NC(=O)c2ccc(Nc3c(F)cccc3F)nc2)cc1. The molecule has 0 fully saturated rings. The topological polar surface area (TPSA) is 77.8 Å². The monoisotopic (exact) mass is 350 g/mol. The van der Waals surface area contributed by atoms with Crippen LogP contribution in [0.5, 0.6) is 0 Å². The second-order valence-corrected chi connectivity index (χ2v) is 5.30. The highest BCUT2D eigenvalue weighted by Gasteiger charge is 2.11. The molecule has 1 heterocycles. The number of carbonyl (C=O) groups excluding carboxylic acids is 1. The molecule has 7 heteroatoms. The summed E-state index contributed by atoms with van der Waals surface area (Å²) in [6.07, 6.45) is 1.29. The lowest BCUT2D eigenvalue weighted by Gasteiger charge is -2.09. The first-order valence-corrected chi connectivity index (χ1v) is 7.55. The summed E-state index contributed by atoms with van der Waals surface area (Å²) in [6, 6.07) is 14.8. The number of amides is 1. The van der Waals surface area contributed by atoms with Gasteiger partial charge in [-0.1, -0.05) is 6.07 Å². The van der Waals surface area contributed by atoms with Gasteiger partial charge in [0.1, 0.15) is 23.1 Å². The van der Waals surface area contributed by atoms with Crippen LogP contribution in [0.2, 0.25) is 0 Å². The summed E-state index contributed by atoms with van der Waals surface area (Å²) in [7, 11) is 0. The van der Waals surface area contributed by atoms with Gasteiger partial charge in [0.2, 0.25) is 0 Å². The minimum Gasteiger partial charge on any atom is -0.335 e. The van der Waals surface area contributed by atoms with Crippen LogP contribution in [0.15, 0.2) is 60.8 Å². The number of nitrogens with one attached hydrogen (secondary N) is 2. The molecule has 0 aliphatic heterocycles. The van der Waals surface area contributed by atoms with Crippen molar-refractivity contribution in [3.63, 3.8) is 0 Å². The van der Waals surface area contributed by atoms with Crippen LogP contribution in [0, 0.1) is 23.0 Å². The van der Waals surface area contributed by atoms with Crippen LogP contribution in [0.4, 0.5) is 26.0 Å². The lowest BCUT2D eigenvalue weighted by Crippen LogP contribution is -2.12. The molecule has 3 aromatic rings. The van der Waals surface area contributed by atoms with Gasteiger partial charge in [0.25, 0.3) is 5.91 Å². The van der Waals surface area contributed by atoms with E-state index in [1.807, 2.05) is 6.07 Å². The summed E-state index contributed by atoms with van der Waals surface area (Å²) >= 11 is 0. The molecular weight excluding hydrogens is 338 g/mol. The molecule has 0 saturated heterocycles. The molecule has 0 aliphatic carbocycles. The van der Waals surface area contributed by atoms with Gasteiger partial charge in [0.05, 0.1) is 17.2 Å². The summed E-state index contributed by atoms with van der Waals surface area (Å²) in [4.78, 5) is 16.2. The molecule has 0 saturated carbocycles. The minimum absolute atomic E-state index is 0.198. The molecule has 3 rings (SSSR count). The van der Waals surface area contributed by atoms with E-state index in [9.17, 15) is 13.6 Å². The molecule has 2 N–H and O–H groups in total. The maximum absolute atomic E-state index is 13.6. The fourth-order valence-electron chi connectivity index (χ4n) is 2.18. The van der Waals surface area contributed by atoms with Crippen LogP contribution >= 0.6 is 0 Å². The Morgan fingerprint density at radius 2 is 1.69 bits per heavy atom. The summed E-state index contributed by atoms with van der Waals surface area (Å²) in [6.45, 7) is 0. The van der Waals surface area contributed by atoms with Gasteiger partial charge in [-0.25, -0.2) is 13.8 Å². The van der Waals surface area contributed by atoms with Gasteiger partial charge in [-0.05, 0) is 48.5 Å². The number of nitrogens with zero attached hydrogens (tertiary/aromatic N) is 2. The summed E-state index contributed by atoms with van der Waals surface area (Å²) in [5.74, 6) is -1.68. The van der Waals surface area contributed by atoms with E-state index < -0.39 is 17.5 Å². The number of halogens is 2. The van der Waals surface area contributed by atoms with Crippen molar-refractivity contribution in [1.29, 1.82) is 5.26 Å². The molecule has 0 unspecified atom stereocenters. The van der Waals surface area contributed by atoms with E-state index in [4.69, 9.17) is 5.26 Å². The van der Waals surface area contributed by atoms with E-state index in [1.165, 1.54) is 24.4 Å². The maximum Gasteiger partial charge on any atom is 0.257 e. The van der Waals surface area contributed by atoms with Gasteiger partial charge >= 0.3 is 0 Å². The van der Waals surface area contributed by atoms with Crippen LogP contribution in [0.25, 0.3) is 0 Å². The number of rotatable bonds is 4. The Morgan fingerprint density at radius 3 is 2.27 bits per heavy atom. The number of pyridine rings is 1. The van der Waals surface area contributed by atoms with Crippen LogP contribution in [0.1, 0.15) is 15.9 Å². The summed E-state index contributed by atoms with van der Waals surface area (Å²) in [5, 5.41) is 14.0. The van der Waals surface area contributed by atoms with E-state index >= 15 is 0 Å². The van der Waals surface area contributed by atoms with Crippen LogP contribution < -0.4 is 10.6 Å². The Hall–Kier alpha value is -3.79. The normalized spacial score (nSPS) is 10.0. The van der Waals surface area contributed by atoms with E-state index in [-0.39, 0.29) is 17.1 Å². The lowest BCUT2D eigenvalue weighted by atomic mass is 10.2. The molecule has 128 valence electrons. The van der Waals surface area contributed by atoms with Crippen molar-refractivity contribution in [1.82, 2.24) is 4.98 Å². The third kappa shape index (κ3) is 3.82. The zero-order valence-corrected chi connectivity index (χ0v) is 13.3. The van der Waals surface area contributed by atoms with E-state index in [1.54, 1.807) is 24.3 Å². The smallest absolute Gasteiger partial charge is 0.257 e. The zero-order chi connectivity index (χ0) is 18.5. The highest BCUT2D eigenvalue weighted by molar-refractivity contribution is 6.04. The number of nitriles is 1. The van der Waals surface area contributed by atoms with Crippen molar-refractivity contribution in [2.75, 3.05) is 10.6 Å². The van der Waals surface area contributed by atoms with Crippen molar-refractivity contribution < 1.29 is 13.6 Å². The molecule has 1 aromatic heterocycles. The van der Waals surface area contributed by atoms with Gasteiger partial charge in [0.15, 0.2) is 0 Å². The van der Waals surface area contributed by atoms with E-state index in [0.717, 1.165) is 12.1 Å². The number of hydrogen-bond acceptors (Lipinski definition) is 4. The molecule has 0 radical (unpaired) electrons. The fraction of sp³-hybridized carbons (Fsp3) is 0. The Balaban J connectivity index is 1.70. The molecule has 0 bridgehead atoms. The van der Waals surface area contributed by atoms with Crippen molar-refractivity contribution in [2.24, 2.45) is 0 Å². The quantitative estimate of drug-likeness (QED) is 0.738. The zero-order valence-electron chi connectivity index (χ0n) is 13.3. The standard InChI is InChI=1S/C19H12F2N4O/c20-15-2-1-3-16(21)18(15)25-17-9-6-13(11-23-17)19(26)24-14-7-4-12(10-22)5-8-14/h1-9,11H,(H,23,25)(H,24,26). The highest BCUT2D eigenvalue weighted by atomic mass is 19.1. The molecule has 26 heavy (non-hydrogen) atoms. The lowest BCUT2D eigenvalue weighted by molar-refractivity contribution is 0.102. The third-order valence-electron chi connectivity index (χ3n) is 3.51. The van der Waals surface area contributed by atoms with E-state index in [2.05, 4.69) is 15.6 Å². The minimum atomic E-state index is -0.741. The Labute approximate surface area is 147 Å².